The van der Waals surface area contributed by atoms with Crippen molar-refractivity contribution in [3.05, 3.63) is 70.8 Å². The van der Waals surface area contributed by atoms with Gasteiger partial charge in [0.05, 0.1) is 0 Å². The summed E-state index contributed by atoms with van der Waals surface area (Å²) < 4.78 is 54.5. The Bertz CT molecular complexity index is 891. The lowest BCUT2D eigenvalue weighted by Gasteiger charge is -2.34. The predicted molar refractivity (Wildman–Crippen MR) is 109 cm³/mol. The maximum absolute atomic E-state index is 14.6. The van der Waals surface area contributed by atoms with Crippen molar-refractivity contribution < 1.29 is 17.6 Å². The second-order valence-electron chi connectivity index (χ2n) is 8.98. The maximum Gasteiger partial charge on any atom is 0.426 e. The van der Waals surface area contributed by atoms with Gasteiger partial charge in [-0.05, 0) is 53.5 Å². The zero-order valence-corrected chi connectivity index (χ0v) is 17.6. The Morgan fingerprint density at radius 1 is 1.00 bits per heavy atom. The normalized spacial score (nSPS) is 26.9. The first-order valence-electron chi connectivity index (χ1n) is 9.66. The van der Waals surface area contributed by atoms with Gasteiger partial charge in [0, 0.05) is 12.0 Å². The molecule has 3 atom stereocenters. The van der Waals surface area contributed by atoms with Gasteiger partial charge in [-0.15, -0.1) is 12.4 Å². The van der Waals surface area contributed by atoms with E-state index in [2.05, 4.69) is 31.3 Å². The smallest absolute Gasteiger partial charge is 0.315 e. The minimum atomic E-state index is -4.94. The second kappa shape index (κ2) is 6.98. The molecule has 1 aliphatic carbocycles. The number of rotatable bonds is 3. The van der Waals surface area contributed by atoms with Crippen molar-refractivity contribution in [2.45, 2.75) is 49.9 Å². The van der Waals surface area contributed by atoms with E-state index in [9.17, 15) is 17.6 Å². The van der Waals surface area contributed by atoms with E-state index in [1.807, 2.05) is 18.2 Å². The van der Waals surface area contributed by atoms with Gasteiger partial charge in [0.15, 0.2) is 0 Å². The molecule has 1 heterocycles. The quantitative estimate of drug-likeness (QED) is 0.606. The Kier molecular flexibility index (Phi) is 5.32. The monoisotopic (exact) mass is 427 g/mol. The topological polar surface area (TPSA) is 12.0 Å². The van der Waals surface area contributed by atoms with Crippen LogP contribution < -0.4 is 5.32 Å². The molecule has 0 spiro atoms. The first-order valence-corrected chi connectivity index (χ1v) is 9.66. The van der Waals surface area contributed by atoms with Crippen molar-refractivity contribution in [2.75, 3.05) is 13.1 Å². The molecule has 1 aliphatic heterocycles. The summed E-state index contributed by atoms with van der Waals surface area (Å²) in [6, 6.07) is 14.7. The van der Waals surface area contributed by atoms with Crippen molar-refractivity contribution in [3.63, 3.8) is 0 Å². The van der Waals surface area contributed by atoms with E-state index in [0.717, 1.165) is 30.6 Å². The van der Waals surface area contributed by atoms with Gasteiger partial charge in [-0.1, -0.05) is 62.4 Å². The molecule has 1 nitrogen and oxygen atoms in total. The van der Waals surface area contributed by atoms with Crippen LogP contribution in [0, 0.1) is 5.92 Å². The van der Waals surface area contributed by atoms with E-state index in [1.165, 1.54) is 17.7 Å². The lowest BCUT2D eigenvalue weighted by Crippen LogP contribution is -2.38. The Balaban J connectivity index is 0.00000240. The summed E-state index contributed by atoms with van der Waals surface area (Å²) >= 11 is 0. The Labute approximate surface area is 175 Å². The summed E-state index contributed by atoms with van der Waals surface area (Å²) in [5.74, 6) is 0.238. The molecule has 0 bridgehead atoms. The van der Waals surface area contributed by atoms with Gasteiger partial charge in [0.25, 0.3) is 0 Å². The fraction of sp³-hybridized carbons (Fsp3) is 0.478. The molecule has 4 rings (SSSR count). The SMILES string of the molecule is CC1(C)c2cc(C(C)(F)C(F)(F)F)ccc2C2(Cc3ccccc3)CNCC12.Cl. The van der Waals surface area contributed by atoms with Crippen molar-refractivity contribution >= 4 is 12.4 Å². The van der Waals surface area contributed by atoms with Crippen molar-refractivity contribution in [1.82, 2.24) is 5.32 Å². The first kappa shape index (κ1) is 22.1. The molecule has 1 N–H and O–H groups in total. The summed E-state index contributed by atoms with van der Waals surface area (Å²) in [4.78, 5) is 0. The van der Waals surface area contributed by atoms with E-state index >= 15 is 0 Å². The molecule has 158 valence electrons. The fourth-order valence-corrected chi connectivity index (χ4v) is 5.38. The van der Waals surface area contributed by atoms with Crippen LogP contribution in [-0.2, 0) is 22.9 Å². The molecule has 2 aromatic carbocycles. The molecule has 6 heteroatoms. The highest BCUT2D eigenvalue weighted by molar-refractivity contribution is 5.85. The van der Waals surface area contributed by atoms with E-state index in [-0.39, 0.29) is 34.7 Å². The molecule has 1 fully saturated rings. The van der Waals surface area contributed by atoms with Gasteiger partial charge >= 0.3 is 6.18 Å². The van der Waals surface area contributed by atoms with E-state index in [4.69, 9.17) is 0 Å². The van der Waals surface area contributed by atoms with Crippen molar-refractivity contribution in [2.24, 2.45) is 5.92 Å². The third-order valence-corrected chi connectivity index (χ3v) is 7.01. The minimum Gasteiger partial charge on any atom is -0.315 e. The molecular weight excluding hydrogens is 402 g/mol. The van der Waals surface area contributed by atoms with Crippen LogP contribution in [0.15, 0.2) is 48.5 Å². The van der Waals surface area contributed by atoms with E-state index < -0.39 is 11.8 Å². The van der Waals surface area contributed by atoms with Gasteiger partial charge in [0.2, 0.25) is 5.67 Å². The molecule has 0 saturated carbocycles. The standard InChI is InChI=1S/C23H25F4N.ClH/c1-20(2)18-11-16(21(3,24)23(25,26)27)9-10-17(18)22(14-28-13-19(20)22)12-15-7-5-4-6-8-15;/h4-11,19,28H,12-14H2,1-3H3;1H. The summed E-state index contributed by atoms with van der Waals surface area (Å²) in [5, 5.41) is 3.50. The largest absolute Gasteiger partial charge is 0.426 e. The molecule has 0 amide bonds. The molecular formula is C23H26ClF4N. The van der Waals surface area contributed by atoms with Crippen LogP contribution in [-0.4, -0.2) is 19.3 Å². The maximum atomic E-state index is 14.6. The van der Waals surface area contributed by atoms with Crippen LogP contribution in [0.2, 0.25) is 0 Å². The highest BCUT2D eigenvalue weighted by atomic mass is 35.5. The highest BCUT2D eigenvalue weighted by Crippen LogP contribution is 2.58. The predicted octanol–water partition coefficient (Wildman–Crippen LogP) is 5.85. The van der Waals surface area contributed by atoms with Crippen molar-refractivity contribution in [1.29, 1.82) is 0 Å². The Morgan fingerprint density at radius 3 is 2.28 bits per heavy atom. The van der Waals surface area contributed by atoms with E-state index in [0.29, 0.717) is 6.92 Å². The molecule has 0 aromatic heterocycles. The van der Waals surface area contributed by atoms with Crippen LogP contribution in [0.1, 0.15) is 43.0 Å². The Hall–Kier alpha value is -1.59. The first-order chi connectivity index (χ1) is 13.0. The summed E-state index contributed by atoms with van der Waals surface area (Å²) in [6.07, 6.45) is -4.13. The van der Waals surface area contributed by atoms with Gasteiger partial charge in [-0.2, -0.15) is 13.2 Å². The Morgan fingerprint density at radius 2 is 1.66 bits per heavy atom. The third-order valence-electron chi connectivity index (χ3n) is 7.01. The summed E-state index contributed by atoms with van der Waals surface area (Å²) in [6.45, 7) is 6.33. The molecule has 0 radical (unpaired) electrons. The zero-order chi connectivity index (χ0) is 20.4. The lowest BCUT2D eigenvalue weighted by molar-refractivity contribution is -0.228. The average Bonchev–Trinajstić information content (AvgIpc) is 3.12. The second-order valence-corrected chi connectivity index (χ2v) is 8.98. The lowest BCUT2D eigenvalue weighted by atomic mass is 9.67. The number of hydrogen-bond donors (Lipinski definition) is 1. The van der Waals surface area contributed by atoms with Crippen LogP contribution in [0.5, 0.6) is 0 Å². The van der Waals surface area contributed by atoms with Crippen LogP contribution in [0.4, 0.5) is 17.6 Å². The van der Waals surface area contributed by atoms with Crippen molar-refractivity contribution in [3.8, 4) is 0 Å². The van der Waals surface area contributed by atoms with Gasteiger partial charge in [-0.3, -0.25) is 0 Å². The summed E-state index contributed by atoms with van der Waals surface area (Å²) in [5.41, 5.74) is -1.10. The van der Waals surface area contributed by atoms with Gasteiger partial charge < -0.3 is 5.32 Å². The van der Waals surface area contributed by atoms with Gasteiger partial charge in [0.1, 0.15) is 0 Å². The number of benzene rings is 2. The van der Waals surface area contributed by atoms with Gasteiger partial charge in [-0.25, -0.2) is 4.39 Å². The molecule has 2 aromatic rings. The molecule has 2 aliphatic rings. The average molecular weight is 428 g/mol. The molecule has 1 saturated heterocycles. The minimum absolute atomic E-state index is 0. The number of fused-ring (bicyclic) bond motifs is 3. The molecule has 3 unspecified atom stereocenters. The number of alkyl halides is 4. The van der Waals surface area contributed by atoms with Crippen LogP contribution in [0.3, 0.4) is 0 Å². The van der Waals surface area contributed by atoms with Crippen LogP contribution in [0.25, 0.3) is 0 Å². The van der Waals surface area contributed by atoms with E-state index in [1.54, 1.807) is 6.07 Å². The summed E-state index contributed by atoms with van der Waals surface area (Å²) in [7, 11) is 0. The molecule has 29 heavy (non-hydrogen) atoms. The highest BCUT2D eigenvalue weighted by Gasteiger charge is 2.59. The number of hydrogen-bond acceptors (Lipinski definition) is 1. The third kappa shape index (κ3) is 3.17. The number of nitrogens with one attached hydrogen (secondary N) is 1. The fourth-order valence-electron chi connectivity index (χ4n) is 5.38. The van der Waals surface area contributed by atoms with Crippen LogP contribution >= 0.6 is 12.4 Å². The number of halogens is 5. The zero-order valence-electron chi connectivity index (χ0n) is 16.7.